The molecule has 0 unspecified atom stereocenters. The largest absolute Gasteiger partial charge is 0.333 e. The smallest absolute Gasteiger partial charge is 0.317 e. The van der Waals surface area contributed by atoms with E-state index in [1.54, 1.807) is 11.0 Å². The lowest BCUT2D eigenvalue weighted by Gasteiger charge is -2.35. The minimum atomic E-state index is -0.844. The number of rotatable bonds is 3. The summed E-state index contributed by atoms with van der Waals surface area (Å²) in [4.78, 5) is 16.2. The van der Waals surface area contributed by atoms with Gasteiger partial charge in [0.1, 0.15) is 0 Å². The normalized spacial score (nSPS) is 24.8. The fourth-order valence-electron chi connectivity index (χ4n) is 3.44. The zero-order valence-corrected chi connectivity index (χ0v) is 13.6. The van der Waals surface area contributed by atoms with Crippen LogP contribution in [-0.2, 0) is 0 Å². The number of hydrogen-bond acceptors (Lipinski definition) is 2. The fourth-order valence-corrected chi connectivity index (χ4v) is 3.44. The molecular formula is C17H23F2N3O. The molecular weight excluding hydrogens is 300 g/mol. The van der Waals surface area contributed by atoms with Crippen molar-refractivity contribution < 1.29 is 13.6 Å². The molecule has 0 saturated carbocycles. The molecule has 4 nitrogen and oxygen atoms in total. The van der Waals surface area contributed by atoms with Crippen LogP contribution in [0, 0.1) is 11.6 Å². The highest BCUT2D eigenvalue weighted by Crippen LogP contribution is 2.34. The van der Waals surface area contributed by atoms with Crippen LogP contribution in [0.25, 0.3) is 0 Å². The molecule has 1 aromatic rings. The van der Waals surface area contributed by atoms with E-state index >= 15 is 0 Å². The Hall–Kier alpha value is -1.69. The van der Waals surface area contributed by atoms with E-state index in [0.29, 0.717) is 5.56 Å². The summed E-state index contributed by atoms with van der Waals surface area (Å²) in [5.41, 5.74) is 0.712. The maximum atomic E-state index is 13.7. The predicted molar refractivity (Wildman–Crippen MR) is 84.1 cm³/mol. The number of nitrogens with one attached hydrogen (secondary N) is 1. The molecule has 0 aliphatic carbocycles. The fraction of sp³-hybridized carbons (Fsp3) is 0.588. The highest BCUT2D eigenvalue weighted by Gasteiger charge is 2.38. The minimum absolute atomic E-state index is 0.0561. The van der Waals surface area contributed by atoms with Crippen molar-refractivity contribution in [1.29, 1.82) is 0 Å². The van der Waals surface area contributed by atoms with Gasteiger partial charge in [0, 0.05) is 25.7 Å². The number of nitrogens with zero attached hydrogens (tertiary/aromatic N) is 2. The Morgan fingerprint density at radius 1 is 1.22 bits per heavy atom. The van der Waals surface area contributed by atoms with Crippen molar-refractivity contribution in [3.8, 4) is 0 Å². The van der Waals surface area contributed by atoms with Crippen molar-refractivity contribution >= 4 is 6.03 Å². The molecule has 0 radical (unpaired) electrons. The Labute approximate surface area is 135 Å². The van der Waals surface area contributed by atoms with E-state index in [-0.39, 0.29) is 24.2 Å². The third-order valence-corrected chi connectivity index (χ3v) is 4.84. The standard InChI is InChI=1S/C17H23F2N3O/c1-11(2)22-9-6-15(20-17(23)21-7-3-8-21)16(22)12-4-5-13(18)14(19)10-12/h4-5,10-11,15-16H,3,6-9H2,1-2H3,(H,20,23)/t15-,16+/m0/s1. The molecule has 3 rings (SSSR count). The zero-order chi connectivity index (χ0) is 16.6. The summed E-state index contributed by atoms with van der Waals surface area (Å²) in [5.74, 6) is -1.69. The van der Waals surface area contributed by atoms with Gasteiger partial charge in [0.2, 0.25) is 0 Å². The molecule has 2 amide bonds. The first-order valence-electron chi connectivity index (χ1n) is 8.23. The van der Waals surface area contributed by atoms with Crippen LogP contribution in [-0.4, -0.2) is 47.5 Å². The second kappa shape index (κ2) is 6.43. The number of carbonyl (C=O) groups is 1. The predicted octanol–water partition coefficient (Wildman–Crippen LogP) is 2.90. The quantitative estimate of drug-likeness (QED) is 0.928. The van der Waals surface area contributed by atoms with E-state index in [2.05, 4.69) is 24.1 Å². The van der Waals surface area contributed by atoms with Gasteiger partial charge in [0.05, 0.1) is 12.1 Å². The molecule has 2 atom stereocenters. The lowest BCUT2D eigenvalue weighted by atomic mass is 9.99. The van der Waals surface area contributed by atoms with Gasteiger partial charge in [0.25, 0.3) is 0 Å². The van der Waals surface area contributed by atoms with Gasteiger partial charge in [-0.3, -0.25) is 4.90 Å². The monoisotopic (exact) mass is 323 g/mol. The molecule has 23 heavy (non-hydrogen) atoms. The lowest BCUT2D eigenvalue weighted by molar-refractivity contribution is 0.154. The van der Waals surface area contributed by atoms with Gasteiger partial charge in [-0.1, -0.05) is 6.07 Å². The molecule has 126 valence electrons. The van der Waals surface area contributed by atoms with E-state index in [1.165, 1.54) is 6.07 Å². The van der Waals surface area contributed by atoms with Crippen LogP contribution in [0.1, 0.15) is 38.3 Å². The highest BCUT2D eigenvalue weighted by atomic mass is 19.2. The van der Waals surface area contributed by atoms with E-state index in [0.717, 1.165) is 38.5 Å². The van der Waals surface area contributed by atoms with Crippen molar-refractivity contribution in [2.24, 2.45) is 0 Å². The second-order valence-corrected chi connectivity index (χ2v) is 6.64. The molecule has 2 aliphatic heterocycles. The van der Waals surface area contributed by atoms with Crippen LogP contribution in [0.5, 0.6) is 0 Å². The number of likely N-dealkylation sites (tertiary alicyclic amines) is 2. The Balaban J connectivity index is 1.82. The number of halogens is 2. The van der Waals surface area contributed by atoms with Gasteiger partial charge in [-0.25, -0.2) is 13.6 Å². The van der Waals surface area contributed by atoms with E-state index in [9.17, 15) is 13.6 Å². The summed E-state index contributed by atoms with van der Waals surface area (Å²) in [6, 6.07) is 4.02. The Kier molecular flexibility index (Phi) is 4.53. The van der Waals surface area contributed by atoms with Gasteiger partial charge < -0.3 is 10.2 Å². The van der Waals surface area contributed by atoms with Gasteiger partial charge in [-0.15, -0.1) is 0 Å². The summed E-state index contributed by atoms with van der Waals surface area (Å²) in [6.07, 6.45) is 1.85. The molecule has 1 N–H and O–H groups in total. The first-order chi connectivity index (χ1) is 11.0. The van der Waals surface area contributed by atoms with Crippen LogP contribution >= 0.6 is 0 Å². The molecule has 0 spiro atoms. The van der Waals surface area contributed by atoms with E-state index in [1.807, 2.05) is 0 Å². The van der Waals surface area contributed by atoms with Crippen molar-refractivity contribution in [3.05, 3.63) is 35.4 Å². The topological polar surface area (TPSA) is 35.6 Å². The van der Waals surface area contributed by atoms with Crippen LogP contribution in [0.15, 0.2) is 18.2 Å². The number of urea groups is 1. The summed E-state index contributed by atoms with van der Waals surface area (Å²) >= 11 is 0. The molecule has 2 saturated heterocycles. The minimum Gasteiger partial charge on any atom is -0.333 e. The molecule has 0 aromatic heterocycles. The number of benzene rings is 1. The van der Waals surface area contributed by atoms with Crippen molar-refractivity contribution in [2.45, 2.75) is 44.8 Å². The lowest BCUT2D eigenvalue weighted by Crippen LogP contribution is -2.52. The molecule has 2 heterocycles. The third-order valence-electron chi connectivity index (χ3n) is 4.84. The highest BCUT2D eigenvalue weighted by molar-refractivity contribution is 5.75. The van der Waals surface area contributed by atoms with Gasteiger partial charge >= 0.3 is 6.03 Å². The number of amides is 2. The number of hydrogen-bond donors (Lipinski definition) is 1. The summed E-state index contributed by atoms with van der Waals surface area (Å²) in [6.45, 7) is 6.57. The zero-order valence-electron chi connectivity index (χ0n) is 13.6. The first-order valence-corrected chi connectivity index (χ1v) is 8.23. The Bertz CT molecular complexity index is 589. The van der Waals surface area contributed by atoms with Gasteiger partial charge in [-0.05, 0) is 44.4 Å². The SMILES string of the molecule is CC(C)N1CC[C@H](NC(=O)N2CCC2)[C@H]1c1ccc(F)c(F)c1. The summed E-state index contributed by atoms with van der Waals surface area (Å²) in [7, 11) is 0. The van der Waals surface area contributed by atoms with Crippen molar-refractivity contribution in [2.75, 3.05) is 19.6 Å². The van der Waals surface area contributed by atoms with E-state index < -0.39 is 11.6 Å². The molecule has 1 aromatic carbocycles. The number of carbonyl (C=O) groups excluding carboxylic acids is 1. The van der Waals surface area contributed by atoms with Crippen LogP contribution in [0.4, 0.5) is 13.6 Å². The van der Waals surface area contributed by atoms with Gasteiger partial charge in [-0.2, -0.15) is 0 Å². The summed E-state index contributed by atoms with van der Waals surface area (Å²) < 4.78 is 26.9. The maximum absolute atomic E-state index is 13.7. The maximum Gasteiger partial charge on any atom is 0.317 e. The van der Waals surface area contributed by atoms with E-state index in [4.69, 9.17) is 0 Å². The van der Waals surface area contributed by atoms with Crippen molar-refractivity contribution in [3.63, 3.8) is 0 Å². The van der Waals surface area contributed by atoms with Crippen LogP contribution in [0.2, 0.25) is 0 Å². The Morgan fingerprint density at radius 3 is 2.52 bits per heavy atom. The molecule has 6 heteroatoms. The molecule has 0 bridgehead atoms. The summed E-state index contributed by atoms with van der Waals surface area (Å²) in [5, 5.41) is 3.08. The average molecular weight is 323 g/mol. The van der Waals surface area contributed by atoms with Gasteiger partial charge in [0.15, 0.2) is 11.6 Å². The third kappa shape index (κ3) is 3.17. The second-order valence-electron chi connectivity index (χ2n) is 6.64. The molecule has 2 aliphatic rings. The average Bonchev–Trinajstić information content (AvgIpc) is 2.83. The molecule has 2 fully saturated rings. The Morgan fingerprint density at radius 2 is 1.96 bits per heavy atom. The van der Waals surface area contributed by atoms with Crippen LogP contribution in [0.3, 0.4) is 0 Å². The van der Waals surface area contributed by atoms with Crippen molar-refractivity contribution in [1.82, 2.24) is 15.1 Å². The first kappa shape index (κ1) is 16.2. The van der Waals surface area contributed by atoms with Crippen LogP contribution < -0.4 is 5.32 Å².